The van der Waals surface area contributed by atoms with E-state index >= 15 is 0 Å². The largest absolute Gasteiger partial charge is 0.449 e. The smallest absolute Gasteiger partial charge is 0.407 e. The van der Waals surface area contributed by atoms with E-state index in [9.17, 15) is 9.18 Å². The normalized spacial score (nSPS) is 11.8. The number of carbonyl (C=O) groups excluding carboxylic acids is 1. The molecule has 0 heterocycles. The standard InChI is InChI=1S/C24H18ClFN2O2/c25-16-12-15(23(27)22(26)13-16)6-5-11-28-24(29)30-14-21-19-9-3-1-7-17(19)18-8-2-4-10-20(18)21/h1-4,7-10,12-13,21H,11,14,27H2,(H,28,29). The maximum absolute atomic E-state index is 13.6. The zero-order valence-electron chi connectivity index (χ0n) is 15.9. The number of nitrogen functional groups attached to an aromatic ring is 1. The summed E-state index contributed by atoms with van der Waals surface area (Å²) in [6.07, 6.45) is -0.573. The monoisotopic (exact) mass is 420 g/mol. The molecule has 1 aliphatic carbocycles. The Kier molecular flexibility index (Phi) is 5.60. The second kappa shape index (κ2) is 8.48. The van der Waals surface area contributed by atoms with Gasteiger partial charge in [-0.25, -0.2) is 9.18 Å². The Labute approximate surface area is 178 Å². The summed E-state index contributed by atoms with van der Waals surface area (Å²) in [6.45, 7) is 0.254. The van der Waals surface area contributed by atoms with Crippen molar-refractivity contribution in [1.29, 1.82) is 0 Å². The Bertz CT molecular complexity index is 1140. The Morgan fingerprint density at radius 3 is 2.40 bits per heavy atom. The maximum atomic E-state index is 13.6. The van der Waals surface area contributed by atoms with Crippen LogP contribution in [-0.4, -0.2) is 19.2 Å². The van der Waals surface area contributed by atoms with Gasteiger partial charge < -0.3 is 15.8 Å². The van der Waals surface area contributed by atoms with Crippen LogP contribution < -0.4 is 11.1 Å². The number of alkyl carbamates (subject to hydrolysis) is 1. The van der Waals surface area contributed by atoms with E-state index in [1.54, 1.807) is 0 Å². The Balaban J connectivity index is 1.37. The SMILES string of the molecule is Nc1c(F)cc(Cl)cc1C#CCNC(=O)OCC1c2ccccc2-c2ccccc21. The Hall–Kier alpha value is -3.49. The fourth-order valence-corrected chi connectivity index (χ4v) is 3.80. The molecule has 0 fully saturated rings. The second-order valence-corrected chi connectivity index (χ2v) is 7.27. The Morgan fingerprint density at radius 2 is 1.73 bits per heavy atom. The van der Waals surface area contributed by atoms with Crippen LogP contribution in [0.15, 0.2) is 60.7 Å². The average molecular weight is 421 g/mol. The number of fused-ring (bicyclic) bond motifs is 3. The highest BCUT2D eigenvalue weighted by Gasteiger charge is 2.28. The number of amides is 1. The maximum Gasteiger partial charge on any atom is 0.407 e. The zero-order valence-corrected chi connectivity index (χ0v) is 16.7. The van der Waals surface area contributed by atoms with Gasteiger partial charge in [0.25, 0.3) is 0 Å². The van der Waals surface area contributed by atoms with Crippen molar-refractivity contribution < 1.29 is 13.9 Å². The average Bonchev–Trinajstić information content (AvgIpc) is 3.07. The minimum atomic E-state index is -0.628. The highest BCUT2D eigenvalue weighted by atomic mass is 35.5. The molecule has 0 saturated carbocycles. The number of hydrogen-bond donors (Lipinski definition) is 2. The molecule has 3 aromatic carbocycles. The summed E-state index contributed by atoms with van der Waals surface area (Å²) in [5, 5.41) is 2.78. The molecular weight excluding hydrogens is 403 g/mol. The van der Waals surface area contributed by atoms with Crippen molar-refractivity contribution in [3.05, 3.63) is 88.2 Å². The van der Waals surface area contributed by atoms with Crippen molar-refractivity contribution in [3.8, 4) is 23.0 Å². The van der Waals surface area contributed by atoms with Gasteiger partial charge in [-0.05, 0) is 34.4 Å². The molecule has 3 N–H and O–H groups in total. The minimum absolute atomic E-state index is 0.0107. The summed E-state index contributed by atoms with van der Waals surface area (Å²) in [5.74, 6) is 4.78. The first-order chi connectivity index (χ1) is 14.5. The van der Waals surface area contributed by atoms with Gasteiger partial charge in [-0.1, -0.05) is 72.0 Å². The molecule has 4 rings (SSSR count). The van der Waals surface area contributed by atoms with Crippen LogP contribution in [0.4, 0.5) is 14.9 Å². The number of hydrogen-bond acceptors (Lipinski definition) is 3. The topological polar surface area (TPSA) is 64.3 Å². The lowest BCUT2D eigenvalue weighted by Gasteiger charge is -2.14. The molecular formula is C24H18ClFN2O2. The van der Waals surface area contributed by atoms with Crippen molar-refractivity contribution in [2.75, 3.05) is 18.9 Å². The third-order valence-corrected chi connectivity index (χ3v) is 5.20. The van der Waals surface area contributed by atoms with E-state index in [2.05, 4.69) is 41.4 Å². The number of rotatable bonds is 3. The quantitative estimate of drug-likeness (QED) is 0.465. The summed E-state index contributed by atoms with van der Waals surface area (Å²) in [4.78, 5) is 12.1. The first kappa shape index (κ1) is 19.8. The molecule has 0 radical (unpaired) electrons. The number of nitrogens with two attached hydrogens (primary N) is 1. The van der Waals surface area contributed by atoms with Gasteiger partial charge in [-0.2, -0.15) is 0 Å². The van der Waals surface area contributed by atoms with Crippen molar-refractivity contribution >= 4 is 23.4 Å². The van der Waals surface area contributed by atoms with Gasteiger partial charge in [0.05, 0.1) is 17.8 Å². The van der Waals surface area contributed by atoms with Gasteiger partial charge in [-0.15, -0.1) is 0 Å². The van der Waals surface area contributed by atoms with E-state index in [1.807, 2.05) is 24.3 Å². The fraction of sp³-hybridized carbons (Fsp3) is 0.125. The molecule has 0 unspecified atom stereocenters. The number of ether oxygens (including phenoxy) is 1. The molecule has 1 aliphatic rings. The van der Waals surface area contributed by atoms with E-state index < -0.39 is 11.9 Å². The van der Waals surface area contributed by atoms with Gasteiger partial charge in [0.1, 0.15) is 12.4 Å². The molecule has 4 nitrogen and oxygen atoms in total. The minimum Gasteiger partial charge on any atom is -0.449 e. The molecule has 0 aliphatic heterocycles. The zero-order chi connectivity index (χ0) is 21.1. The molecule has 0 aromatic heterocycles. The fourth-order valence-electron chi connectivity index (χ4n) is 3.59. The molecule has 6 heteroatoms. The summed E-state index contributed by atoms with van der Waals surface area (Å²) in [5.41, 5.74) is 10.5. The van der Waals surface area contributed by atoms with Gasteiger partial charge in [0, 0.05) is 10.9 Å². The van der Waals surface area contributed by atoms with E-state index in [-0.39, 0.29) is 35.3 Å². The number of carbonyl (C=O) groups is 1. The molecule has 3 aromatic rings. The van der Waals surface area contributed by atoms with Crippen molar-refractivity contribution in [1.82, 2.24) is 5.32 Å². The molecule has 0 bridgehead atoms. The molecule has 0 saturated heterocycles. The van der Waals surface area contributed by atoms with Crippen LogP contribution >= 0.6 is 11.6 Å². The number of benzene rings is 3. The molecule has 30 heavy (non-hydrogen) atoms. The third kappa shape index (κ3) is 3.96. The van der Waals surface area contributed by atoms with E-state index in [4.69, 9.17) is 22.1 Å². The second-order valence-electron chi connectivity index (χ2n) is 6.83. The number of nitrogens with one attached hydrogen (secondary N) is 1. The van der Waals surface area contributed by atoms with Gasteiger partial charge >= 0.3 is 6.09 Å². The summed E-state index contributed by atoms with van der Waals surface area (Å²) < 4.78 is 19.0. The van der Waals surface area contributed by atoms with Gasteiger partial charge in [0.2, 0.25) is 0 Å². The highest BCUT2D eigenvalue weighted by molar-refractivity contribution is 6.30. The van der Waals surface area contributed by atoms with Gasteiger partial charge in [0.15, 0.2) is 0 Å². The predicted octanol–water partition coefficient (Wildman–Crippen LogP) is 4.95. The summed E-state index contributed by atoms with van der Waals surface area (Å²) in [6, 6.07) is 18.8. The van der Waals surface area contributed by atoms with Crippen LogP contribution in [-0.2, 0) is 4.74 Å². The van der Waals surface area contributed by atoms with Crippen molar-refractivity contribution in [3.63, 3.8) is 0 Å². The van der Waals surface area contributed by atoms with E-state index in [0.29, 0.717) is 0 Å². The number of anilines is 1. The third-order valence-electron chi connectivity index (χ3n) is 4.98. The van der Waals surface area contributed by atoms with Crippen LogP contribution in [0, 0.1) is 17.7 Å². The lowest BCUT2D eigenvalue weighted by Crippen LogP contribution is -2.26. The van der Waals surface area contributed by atoms with E-state index in [0.717, 1.165) is 17.2 Å². The van der Waals surface area contributed by atoms with Crippen molar-refractivity contribution in [2.24, 2.45) is 0 Å². The lowest BCUT2D eigenvalue weighted by atomic mass is 9.98. The summed E-state index contributed by atoms with van der Waals surface area (Å²) >= 11 is 5.81. The summed E-state index contributed by atoms with van der Waals surface area (Å²) in [7, 11) is 0. The lowest BCUT2D eigenvalue weighted by molar-refractivity contribution is 0.144. The van der Waals surface area contributed by atoms with Crippen LogP contribution in [0.5, 0.6) is 0 Å². The first-order valence-corrected chi connectivity index (χ1v) is 9.74. The Morgan fingerprint density at radius 1 is 1.10 bits per heavy atom. The van der Waals surface area contributed by atoms with Crippen LogP contribution in [0.25, 0.3) is 11.1 Å². The van der Waals surface area contributed by atoms with Crippen LogP contribution in [0.1, 0.15) is 22.6 Å². The van der Waals surface area contributed by atoms with Crippen LogP contribution in [0.2, 0.25) is 5.02 Å². The highest BCUT2D eigenvalue weighted by Crippen LogP contribution is 2.44. The van der Waals surface area contributed by atoms with Gasteiger partial charge in [-0.3, -0.25) is 0 Å². The molecule has 150 valence electrons. The first-order valence-electron chi connectivity index (χ1n) is 9.37. The van der Waals surface area contributed by atoms with E-state index in [1.165, 1.54) is 17.2 Å². The molecule has 0 atom stereocenters. The van der Waals surface area contributed by atoms with Crippen LogP contribution in [0.3, 0.4) is 0 Å². The number of halogens is 2. The molecule has 1 amide bonds. The predicted molar refractivity (Wildman–Crippen MR) is 116 cm³/mol. The molecule has 0 spiro atoms. The van der Waals surface area contributed by atoms with Crippen molar-refractivity contribution in [2.45, 2.75) is 5.92 Å².